The lowest BCUT2D eigenvalue weighted by molar-refractivity contribution is -0.127. The Hall–Kier alpha value is -4.39. The zero-order valence-corrected chi connectivity index (χ0v) is 28.9. The minimum Gasteiger partial charge on any atom is -0.497 e. The average molecular weight is 679 g/mol. The maximum atomic E-state index is 14.0. The second-order valence-electron chi connectivity index (χ2n) is 12.7. The molecule has 11 nitrogen and oxygen atoms in total. The molecular formula is C36H46N4O7S. The molecule has 0 bridgehead atoms. The molecule has 0 aliphatic carbocycles. The molecule has 258 valence electrons. The van der Waals surface area contributed by atoms with Gasteiger partial charge in [-0.2, -0.15) is 4.31 Å². The van der Waals surface area contributed by atoms with E-state index in [-0.39, 0.29) is 48.7 Å². The van der Waals surface area contributed by atoms with Gasteiger partial charge in [0.15, 0.2) is 0 Å². The number of ether oxygens (including phenoxy) is 1. The molecule has 0 spiro atoms. The SMILES string of the molecule is COc1ccc(S(=O)(=O)N(CC(C)C)C[C@@H](O)[C@H](Cc2ccccc2)NC(=O)[C@H](C(C)C)n2cc(O)n(Cc3ccccc3)c2=O)cc1. The van der Waals surface area contributed by atoms with Gasteiger partial charge in [0.05, 0.1) is 36.9 Å². The Labute approximate surface area is 282 Å². The molecule has 48 heavy (non-hydrogen) atoms. The molecule has 3 aromatic carbocycles. The molecule has 1 amide bonds. The standard InChI is InChI=1S/C36H46N4O7S/c1-25(2)21-38(48(45,46)30-18-16-29(47-5)17-19-30)23-32(41)31(20-27-12-8-6-9-13-27)37-35(43)34(26(3)4)40-24-33(42)39(36(40)44)22-28-14-10-7-11-15-28/h6-19,24-26,31-32,34,41-42H,20-23H2,1-5H3,(H,37,43)/t31-,32+,34-/m0/s1. The number of nitrogens with zero attached hydrogens (tertiary/aromatic N) is 3. The van der Waals surface area contributed by atoms with Gasteiger partial charge in [0.25, 0.3) is 0 Å². The molecular weight excluding hydrogens is 632 g/mol. The zero-order chi connectivity index (χ0) is 35.0. The van der Waals surface area contributed by atoms with Crippen LogP contribution in [0.1, 0.15) is 44.9 Å². The van der Waals surface area contributed by atoms with Gasteiger partial charge in [-0.3, -0.25) is 13.9 Å². The number of methoxy groups -OCH3 is 1. The molecule has 12 heteroatoms. The van der Waals surface area contributed by atoms with E-state index in [1.165, 1.54) is 38.9 Å². The molecule has 3 atom stereocenters. The van der Waals surface area contributed by atoms with Gasteiger partial charge in [-0.15, -0.1) is 0 Å². The van der Waals surface area contributed by atoms with E-state index in [2.05, 4.69) is 5.32 Å². The van der Waals surface area contributed by atoms with Crippen LogP contribution in [0.4, 0.5) is 0 Å². The number of aromatic nitrogens is 2. The van der Waals surface area contributed by atoms with E-state index in [9.17, 15) is 28.2 Å². The highest BCUT2D eigenvalue weighted by atomic mass is 32.2. The molecule has 3 N–H and O–H groups in total. The van der Waals surface area contributed by atoms with Crippen molar-refractivity contribution >= 4 is 15.9 Å². The summed E-state index contributed by atoms with van der Waals surface area (Å²) in [4.78, 5) is 27.6. The van der Waals surface area contributed by atoms with E-state index in [0.29, 0.717) is 5.75 Å². The summed E-state index contributed by atoms with van der Waals surface area (Å²) in [6.45, 7) is 7.31. The van der Waals surface area contributed by atoms with Gasteiger partial charge in [0, 0.05) is 13.1 Å². The molecule has 0 unspecified atom stereocenters. The van der Waals surface area contributed by atoms with Crippen LogP contribution < -0.4 is 15.7 Å². The van der Waals surface area contributed by atoms with Crippen molar-refractivity contribution in [3.8, 4) is 11.6 Å². The molecule has 0 saturated heterocycles. The first-order valence-corrected chi connectivity index (χ1v) is 17.5. The number of aliphatic hydroxyl groups excluding tert-OH is 1. The number of aliphatic hydroxyl groups is 1. The van der Waals surface area contributed by atoms with Gasteiger partial charge in [-0.25, -0.2) is 13.2 Å². The summed E-state index contributed by atoms with van der Waals surface area (Å²) in [5, 5.41) is 25.4. The monoisotopic (exact) mass is 678 g/mol. The van der Waals surface area contributed by atoms with Gasteiger partial charge in [0.1, 0.15) is 11.8 Å². The molecule has 4 rings (SSSR count). The molecule has 0 saturated carbocycles. The van der Waals surface area contributed by atoms with Crippen LogP contribution in [-0.4, -0.2) is 70.3 Å². The number of carbonyl (C=O) groups is 1. The predicted molar refractivity (Wildman–Crippen MR) is 184 cm³/mol. The van der Waals surface area contributed by atoms with Crippen molar-refractivity contribution in [3.63, 3.8) is 0 Å². The van der Waals surface area contributed by atoms with Crippen molar-refractivity contribution in [3.05, 3.63) is 113 Å². The van der Waals surface area contributed by atoms with Gasteiger partial charge >= 0.3 is 5.69 Å². The molecule has 0 aliphatic rings. The molecule has 0 aliphatic heterocycles. The van der Waals surface area contributed by atoms with Crippen molar-refractivity contribution in [2.24, 2.45) is 11.8 Å². The number of sulfonamides is 1. The smallest absolute Gasteiger partial charge is 0.332 e. The Morgan fingerprint density at radius 2 is 1.48 bits per heavy atom. The molecule has 4 aromatic rings. The third-order valence-corrected chi connectivity index (χ3v) is 9.96. The summed E-state index contributed by atoms with van der Waals surface area (Å²) in [6, 6.07) is 22.6. The summed E-state index contributed by atoms with van der Waals surface area (Å²) < 4.78 is 36.5. The highest BCUT2D eigenvalue weighted by molar-refractivity contribution is 7.89. The van der Waals surface area contributed by atoms with Crippen LogP contribution in [0.15, 0.2) is 101 Å². The first kappa shape index (κ1) is 36.4. The van der Waals surface area contributed by atoms with E-state index in [1.807, 2.05) is 74.5 Å². The summed E-state index contributed by atoms with van der Waals surface area (Å²) in [5.74, 6) is -0.750. The fourth-order valence-corrected chi connectivity index (χ4v) is 7.30. The summed E-state index contributed by atoms with van der Waals surface area (Å²) in [7, 11) is -2.53. The number of amides is 1. The third kappa shape index (κ3) is 8.94. The van der Waals surface area contributed by atoms with E-state index < -0.39 is 39.8 Å². The Morgan fingerprint density at radius 3 is 2.02 bits per heavy atom. The lowest BCUT2D eigenvalue weighted by Gasteiger charge is -2.32. The maximum Gasteiger partial charge on any atom is 0.332 e. The minimum absolute atomic E-state index is 0.0545. The van der Waals surface area contributed by atoms with E-state index in [0.717, 1.165) is 11.1 Å². The largest absolute Gasteiger partial charge is 0.497 e. The van der Waals surface area contributed by atoms with E-state index >= 15 is 0 Å². The number of carbonyl (C=O) groups excluding carboxylic acids is 1. The second-order valence-corrected chi connectivity index (χ2v) is 14.6. The van der Waals surface area contributed by atoms with Gasteiger partial charge in [-0.1, -0.05) is 88.4 Å². The van der Waals surface area contributed by atoms with Crippen molar-refractivity contribution in [1.82, 2.24) is 18.8 Å². The van der Waals surface area contributed by atoms with Gasteiger partial charge in [0.2, 0.25) is 21.8 Å². The summed E-state index contributed by atoms with van der Waals surface area (Å²) in [5.41, 5.74) is 1.07. The summed E-state index contributed by atoms with van der Waals surface area (Å²) in [6.07, 6.45) is 0.136. The van der Waals surface area contributed by atoms with E-state index in [4.69, 9.17) is 4.74 Å². The number of aromatic hydroxyl groups is 1. The van der Waals surface area contributed by atoms with Crippen LogP contribution in [0.3, 0.4) is 0 Å². The Balaban J connectivity index is 1.64. The van der Waals surface area contributed by atoms with Crippen molar-refractivity contribution < 1.29 is 28.2 Å². The minimum atomic E-state index is -4.03. The first-order valence-electron chi connectivity index (χ1n) is 16.0. The Morgan fingerprint density at radius 1 is 0.896 bits per heavy atom. The lowest BCUT2D eigenvalue weighted by Crippen LogP contribution is -2.53. The van der Waals surface area contributed by atoms with Crippen molar-refractivity contribution in [2.75, 3.05) is 20.2 Å². The molecule has 1 heterocycles. The number of hydrogen-bond acceptors (Lipinski definition) is 7. The van der Waals surface area contributed by atoms with Crippen molar-refractivity contribution in [2.45, 2.75) is 63.7 Å². The Bertz CT molecular complexity index is 1790. The van der Waals surface area contributed by atoms with Crippen LogP contribution in [0, 0.1) is 11.8 Å². The number of benzene rings is 3. The van der Waals surface area contributed by atoms with Crippen LogP contribution in [0.5, 0.6) is 11.6 Å². The fourth-order valence-electron chi connectivity index (χ4n) is 5.68. The maximum absolute atomic E-state index is 14.0. The number of nitrogens with one attached hydrogen (secondary N) is 1. The van der Waals surface area contributed by atoms with Crippen LogP contribution in [-0.2, 0) is 27.8 Å². The fraction of sp³-hybridized carbons (Fsp3) is 0.389. The topological polar surface area (TPSA) is 143 Å². The molecule has 0 fully saturated rings. The van der Waals surface area contributed by atoms with Gasteiger partial charge < -0.3 is 20.3 Å². The third-order valence-electron chi connectivity index (χ3n) is 8.11. The summed E-state index contributed by atoms with van der Waals surface area (Å²) >= 11 is 0. The quantitative estimate of drug-likeness (QED) is 0.162. The van der Waals surface area contributed by atoms with Crippen molar-refractivity contribution in [1.29, 1.82) is 0 Å². The first-order chi connectivity index (χ1) is 22.8. The molecule has 0 radical (unpaired) electrons. The average Bonchev–Trinajstić information content (AvgIpc) is 3.32. The van der Waals surface area contributed by atoms with Gasteiger partial charge in [-0.05, 0) is 53.6 Å². The molecule has 1 aromatic heterocycles. The lowest BCUT2D eigenvalue weighted by atomic mass is 9.98. The number of rotatable bonds is 16. The highest BCUT2D eigenvalue weighted by Crippen LogP contribution is 2.24. The zero-order valence-electron chi connectivity index (χ0n) is 28.1. The van der Waals surface area contributed by atoms with E-state index in [1.54, 1.807) is 26.0 Å². The predicted octanol–water partition coefficient (Wildman–Crippen LogP) is 4.04. The highest BCUT2D eigenvalue weighted by Gasteiger charge is 2.34. The van der Waals surface area contributed by atoms with Crippen LogP contribution in [0.25, 0.3) is 0 Å². The normalized spacial score (nSPS) is 13.9. The number of imidazole rings is 1. The Kier molecular flexibility index (Phi) is 12.3. The number of hydrogen-bond donors (Lipinski definition) is 3. The van der Waals surface area contributed by atoms with Crippen LogP contribution >= 0.6 is 0 Å². The second kappa shape index (κ2) is 16.1. The van der Waals surface area contributed by atoms with Crippen LogP contribution in [0.2, 0.25) is 0 Å².